The Bertz CT molecular complexity index is 912. The highest BCUT2D eigenvalue weighted by Gasteiger charge is 2.14. The van der Waals surface area contributed by atoms with Crippen LogP contribution in [0.4, 0.5) is 5.69 Å². The zero-order valence-corrected chi connectivity index (χ0v) is 17.8. The van der Waals surface area contributed by atoms with E-state index in [1.165, 1.54) is 5.56 Å². The average molecular weight is 413 g/mol. The molecule has 0 saturated carbocycles. The van der Waals surface area contributed by atoms with Gasteiger partial charge in [0, 0.05) is 10.6 Å². The third-order valence-electron chi connectivity index (χ3n) is 4.08. The average Bonchev–Trinajstić information content (AvgIpc) is 2.67. The Morgan fingerprint density at radius 1 is 1.10 bits per heavy atom. The Balaban J connectivity index is 1.77. The maximum Gasteiger partial charge on any atom is 0.344 e. The van der Waals surface area contributed by atoms with Gasteiger partial charge in [-0.1, -0.05) is 32.9 Å². The van der Waals surface area contributed by atoms with Crippen molar-refractivity contribution in [1.82, 2.24) is 0 Å². The topological polar surface area (TPSA) is 88.4 Å². The molecular formula is C22H24N2O4S. The molecule has 0 spiro atoms. The molecule has 0 atom stereocenters. The van der Waals surface area contributed by atoms with Crippen LogP contribution in [0.15, 0.2) is 47.4 Å². The summed E-state index contributed by atoms with van der Waals surface area (Å²) in [7, 11) is 0. The minimum atomic E-state index is -0.627. The van der Waals surface area contributed by atoms with E-state index in [1.54, 1.807) is 30.3 Å². The van der Waals surface area contributed by atoms with Gasteiger partial charge in [-0.2, -0.15) is 5.26 Å². The van der Waals surface area contributed by atoms with Crippen LogP contribution in [0.25, 0.3) is 0 Å². The number of anilines is 1. The van der Waals surface area contributed by atoms with Crippen LogP contribution in [0.1, 0.15) is 31.9 Å². The monoisotopic (exact) mass is 412 g/mol. The Hall–Kier alpha value is -2.98. The van der Waals surface area contributed by atoms with Crippen LogP contribution < -0.4 is 10.1 Å². The lowest BCUT2D eigenvalue weighted by Gasteiger charge is -2.19. The second kappa shape index (κ2) is 9.99. The van der Waals surface area contributed by atoms with Crippen LogP contribution in [0.2, 0.25) is 0 Å². The molecular weight excluding hydrogens is 388 g/mol. The standard InChI is InChI=1S/C22H24N2O4S/c1-15-11-18(29-14-23)9-10-19(15)24-20(25)12-28-21(26)13-27-17-7-5-16(6-8-17)22(2,3)4/h5-11H,12-13H2,1-4H3,(H,24,25). The van der Waals surface area contributed by atoms with Crippen molar-refractivity contribution in [2.75, 3.05) is 18.5 Å². The molecule has 0 aliphatic rings. The number of esters is 1. The number of nitrogens with one attached hydrogen (secondary N) is 1. The first-order valence-electron chi connectivity index (χ1n) is 9.04. The Morgan fingerprint density at radius 2 is 1.79 bits per heavy atom. The van der Waals surface area contributed by atoms with Gasteiger partial charge in [-0.3, -0.25) is 4.79 Å². The van der Waals surface area contributed by atoms with Crippen molar-refractivity contribution in [3.05, 3.63) is 53.6 Å². The Kier molecular flexibility index (Phi) is 7.68. The molecule has 29 heavy (non-hydrogen) atoms. The van der Waals surface area contributed by atoms with Gasteiger partial charge in [0.25, 0.3) is 5.91 Å². The van der Waals surface area contributed by atoms with Crippen LogP contribution in [-0.4, -0.2) is 25.1 Å². The summed E-state index contributed by atoms with van der Waals surface area (Å²) in [4.78, 5) is 24.6. The van der Waals surface area contributed by atoms with Crippen molar-refractivity contribution < 1.29 is 19.1 Å². The smallest absolute Gasteiger partial charge is 0.344 e. The van der Waals surface area contributed by atoms with E-state index in [9.17, 15) is 9.59 Å². The van der Waals surface area contributed by atoms with Crippen LogP contribution >= 0.6 is 11.8 Å². The number of thioether (sulfide) groups is 1. The quantitative estimate of drug-likeness (QED) is 0.411. The molecule has 152 valence electrons. The first kappa shape index (κ1) is 22.3. The van der Waals surface area contributed by atoms with E-state index in [0.29, 0.717) is 11.4 Å². The highest BCUT2D eigenvalue weighted by atomic mass is 32.2. The normalized spacial score (nSPS) is 10.7. The van der Waals surface area contributed by atoms with Gasteiger partial charge in [0.05, 0.1) is 0 Å². The van der Waals surface area contributed by atoms with Crippen LogP contribution in [0.5, 0.6) is 5.75 Å². The fourth-order valence-corrected chi connectivity index (χ4v) is 2.94. The van der Waals surface area contributed by atoms with E-state index in [2.05, 4.69) is 26.1 Å². The van der Waals surface area contributed by atoms with Crippen molar-refractivity contribution in [3.63, 3.8) is 0 Å². The molecule has 0 radical (unpaired) electrons. The first-order valence-corrected chi connectivity index (χ1v) is 9.86. The van der Waals surface area contributed by atoms with Crippen LogP contribution in [-0.2, 0) is 19.7 Å². The number of hydrogen-bond acceptors (Lipinski definition) is 6. The lowest BCUT2D eigenvalue weighted by atomic mass is 9.87. The minimum Gasteiger partial charge on any atom is -0.482 e. The Labute approximate surface area is 175 Å². The number of hydrogen-bond donors (Lipinski definition) is 1. The van der Waals surface area contributed by atoms with Gasteiger partial charge < -0.3 is 14.8 Å². The molecule has 2 aromatic rings. The summed E-state index contributed by atoms with van der Waals surface area (Å²) in [6.07, 6.45) is 0. The predicted octanol–water partition coefficient (Wildman–Crippen LogP) is 4.43. The summed E-state index contributed by atoms with van der Waals surface area (Å²) in [6.45, 7) is 7.49. The zero-order chi connectivity index (χ0) is 21.4. The Morgan fingerprint density at radius 3 is 2.38 bits per heavy atom. The minimum absolute atomic E-state index is 0.0397. The van der Waals surface area contributed by atoms with E-state index >= 15 is 0 Å². The van der Waals surface area contributed by atoms with E-state index in [-0.39, 0.29) is 12.0 Å². The predicted molar refractivity (Wildman–Crippen MR) is 113 cm³/mol. The lowest BCUT2D eigenvalue weighted by Crippen LogP contribution is -2.24. The highest BCUT2D eigenvalue weighted by Crippen LogP contribution is 2.24. The van der Waals surface area contributed by atoms with Gasteiger partial charge in [0.15, 0.2) is 13.2 Å². The molecule has 0 aliphatic heterocycles. The SMILES string of the molecule is Cc1cc(SC#N)ccc1NC(=O)COC(=O)COc1ccc(C(C)(C)C)cc1. The van der Waals surface area contributed by atoms with Crippen molar-refractivity contribution in [2.24, 2.45) is 0 Å². The zero-order valence-electron chi connectivity index (χ0n) is 16.9. The third kappa shape index (κ3) is 7.16. The number of thiocyanates is 1. The maximum atomic E-state index is 12.0. The summed E-state index contributed by atoms with van der Waals surface area (Å²) in [6, 6.07) is 12.8. The number of ether oxygens (including phenoxy) is 2. The fraction of sp³-hybridized carbons (Fsp3) is 0.318. The molecule has 1 amide bonds. The molecule has 2 aromatic carbocycles. The van der Waals surface area contributed by atoms with Crippen LogP contribution in [0, 0.1) is 17.6 Å². The molecule has 0 unspecified atom stereocenters. The lowest BCUT2D eigenvalue weighted by molar-refractivity contribution is -0.149. The molecule has 2 rings (SSSR count). The van der Waals surface area contributed by atoms with E-state index in [1.807, 2.05) is 24.5 Å². The van der Waals surface area contributed by atoms with E-state index in [0.717, 1.165) is 22.2 Å². The van der Waals surface area contributed by atoms with Crippen molar-refractivity contribution >= 4 is 29.3 Å². The summed E-state index contributed by atoms with van der Waals surface area (Å²) >= 11 is 1.05. The number of nitrogens with zero attached hydrogens (tertiary/aromatic N) is 1. The van der Waals surface area contributed by atoms with Crippen molar-refractivity contribution in [1.29, 1.82) is 5.26 Å². The molecule has 0 heterocycles. The molecule has 0 saturated heterocycles. The molecule has 0 aliphatic carbocycles. The molecule has 0 fully saturated rings. The molecule has 6 nitrogen and oxygen atoms in total. The molecule has 0 aromatic heterocycles. The van der Waals surface area contributed by atoms with E-state index in [4.69, 9.17) is 14.7 Å². The molecule has 7 heteroatoms. The van der Waals surface area contributed by atoms with Gasteiger partial charge in [0.1, 0.15) is 11.2 Å². The summed E-state index contributed by atoms with van der Waals surface area (Å²) in [5.74, 6) is -0.514. The van der Waals surface area contributed by atoms with Crippen LogP contribution in [0.3, 0.4) is 0 Å². The maximum absolute atomic E-state index is 12.0. The number of benzene rings is 2. The highest BCUT2D eigenvalue weighted by molar-refractivity contribution is 8.03. The summed E-state index contributed by atoms with van der Waals surface area (Å²) in [5, 5.41) is 13.4. The number of rotatable bonds is 7. The third-order valence-corrected chi connectivity index (χ3v) is 4.66. The second-order valence-electron chi connectivity index (χ2n) is 7.44. The second-order valence-corrected chi connectivity index (χ2v) is 8.30. The van der Waals surface area contributed by atoms with Gasteiger partial charge in [-0.15, -0.1) is 0 Å². The van der Waals surface area contributed by atoms with E-state index < -0.39 is 18.5 Å². The first-order chi connectivity index (χ1) is 13.7. The largest absolute Gasteiger partial charge is 0.482 e. The van der Waals surface area contributed by atoms with Crippen molar-refractivity contribution in [3.8, 4) is 11.2 Å². The van der Waals surface area contributed by atoms with Gasteiger partial charge in [-0.05, 0) is 65.6 Å². The number of nitriles is 1. The summed E-state index contributed by atoms with van der Waals surface area (Å²) in [5.41, 5.74) is 2.62. The number of amides is 1. The van der Waals surface area contributed by atoms with Crippen molar-refractivity contribution in [2.45, 2.75) is 38.0 Å². The van der Waals surface area contributed by atoms with Gasteiger partial charge in [-0.25, -0.2) is 4.79 Å². The number of aryl methyl sites for hydroxylation is 1. The molecule has 1 N–H and O–H groups in total. The van der Waals surface area contributed by atoms with Gasteiger partial charge >= 0.3 is 5.97 Å². The number of carbonyl (C=O) groups is 2. The summed E-state index contributed by atoms with van der Waals surface area (Å²) < 4.78 is 10.4. The molecule has 0 bridgehead atoms. The number of carbonyl (C=O) groups excluding carboxylic acids is 2. The fourth-order valence-electron chi connectivity index (χ4n) is 2.46. The van der Waals surface area contributed by atoms with Gasteiger partial charge in [0.2, 0.25) is 0 Å².